The van der Waals surface area contributed by atoms with Crippen LogP contribution in [0.3, 0.4) is 0 Å². The fourth-order valence-corrected chi connectivity index (χ4v) is 2.09. The van der Waals surface area contributed by atoms with E-state index in [1.165, 1.54) is 5.56 Å². The van der Waals surface area contributed by atoms with E-state index in [0.29, 0.717) is 0 Å². The standard InChI is InChI=1S/C14H17N5/c1-9-11(8-16-19-9)7-15-10(2)14-17-12-5-3-4-6-13(12)18-14/h3-6,8,10,15H,7H2,1-2H3,(H,16,19)(H,17,18). The average molecular weight is 255 g/mol. The Bertz CT molecular complexity index is 649. The zero-order chi connectivity index (χ0) is 13.2. The minimum absolute atomic E-state index is 0.168. The molecule has 0 aliphatic heterocycles. The van der Waals surface area contributed by atoms with Gasteiger partial charge in [-0.3, -0.25) is 5.10 Å². The molecule has 0 spiro atoms. The van der Waals surface area contributed by atoms with Gasteiger partial charge in [-0.2, -0.15) is 5.10 Å². The summed E-state index contributed by atoms with van der Waals surface area (Å²) in [4.78, 5) is 7.94. The first-order chi connectivity index (χ1) is 9.24. The molecule has 0 saturated carbocycles. The number of benzene rings is 1. The molecule has 19 heavy (non-hydrogen) atoms. The second kappa shape index (κ2) is 4.85. The molecule has 0 bridgehead atoms. The number of hydrogen-bond acceptors (Lipinski definition) is 3. The number of fused-ring (bicyclic) bond motifs is 1. The molecule has 0 saturated heterocycles. The van der Waals surface area contributed by atoms with Gasteiger partial charge >= 0.3 is 0 Å². The van der Waals surface area contributed by atoms with Gasteiger partial charge in [0.1, 0.15) is 5.82 Å². The van der Waals surface area contributed by atoms with Crippen LogP contribution < -0.4 is 5.32 Å². The van der Waals surface area contributed by atoms with Crippen LogP contribution in [0.5, 0.6) is 0 Å². The summed E-state index contributed by atoms with van der Waals surface area (Å²) in [6.45, 7) is 4.91. The maximum atomic E-state index is 4.59. The molecule has 3 aromatic rings. The summed E-state index contributed by atoms with van der Waals surface area (Å²) in [6.07, 6.45) is 1.85. The first-order valence-corrected chi connectivity index (χ1v) is 6.41. The van der Waals surface area contributed by atoms with Gasteiger partial charge in [0.25, 0.3) is 0 Å². The van der Waals surface area contributed by atoms with E-state index in [0.717, 1.165) is 29.1 Å². The lowest BCUT2D eigenvalue weighted by molar-refractivity contribution is 0.551. The minimum Gasteiger partial charge on any atom is -0.341 e. The number of hydrogen-bond donors (Lipinski definition) is 3. The first-order valence-electron chi connectivity index (χ1n) is 6.41. The van der Waals surface area contributed by atoms with Crippen LogP contribution in [0.2, 0.25) is 0 Å². The van der Waals surface area contributed by atoms with Crippen molar-refractivity contribution in [1.82, 2.24) is 25.5 Å². The maximum Gasteiger partial charge on any atom is 0.124 e. The van der Waals surface area contributed by atoms with Crippen molar-refractivity contribution in [3.63, 3.8) is 0 Å². The van der Waals surface area contributed by atoms with Crippen LogP contribution in [0.4, 0.5) is 0 Å². The number of aromatic amines is 2. The van der Waals surface area contributed by atoms with Crippen LogP contribution in [-0.4, -0.2) is 20.2 Å². The van der Waals surface area contributed by atoms with Gasteiger partial charge in [-0.15, -0.1) is 0 Å². The van der Waals surface area contributed by atoms with Gasteiger partial charge in [-0.05, 0) is 26.0 Å². The van der Waals surface area contributed by atoms with Crippen molar-refractivity contribution >= 4 is 11.0 Å². The Morgan fingerprint density at radius 3 is 2.89 bits per heavy atom. The highest BCUT2D eigenvalue weighted by molar-refractivity contribution is 5.74. The lowest BCUT2D eigenvalue weighted by atomic mass is 10.2. The van der Waals surface area contributed by atoms with E-state index in [9.17, 15) is 0 Å². The van der Waals surface area contributed by atoms with Gasteiger partial charge in [0.2, 0.25) is 0 Å². The van der Waals surface area contributed by atoms with Crippen molar-refractivity contribution < 1.29 is 0 Å². The third-order valence-corrected chi connectivity index (χ3v) is 3.35. The zero-order valence-corrected chi connectivity index (χ0v) is 11.1. The molecule has 0 aliphatic carbocycles. The summed E-state index contributed by atoms with van der Waals surface area (Å²) in [5.74, 6) is 0.961. The summed E-state index contributed by atoms with van der Waals surface area (Å²) in [5.41, 5.74) is 4.36. The van der Waals surface area contributed by atoms with E-state index in [4.69, 9.17) is 0 Å². The monoisotopic (exact) mass is 255 g/mol. The minimum atomic E-state index is 0.168. The van der Waals surface area contributed by atoms with Crippen LogP contribution in [0.15, 0.2) is 30.5 Å². The molecule has 2 aromatic heterocycles. The highest BCUT2D eigenvalue weighted by atomic mass is 15.1. The fourth-order valence-electron chi connectivity index (χ4n) is 2.09. The largest absolute Gasteiger partial charge is 0.341 e. The van der Waals surface area contributed by atoms with Crippen LogP contribution in [-0.2, 0) is 6.54 Å². The van der Waals surface area contributed by atoms with Crippen molar-refractivity contribution in [2.24, 2.45) is 0 Å². The maximum absolute atomic E-state index is 4.59. The van der Waals surface area contributed by atoms with E-state index in [2.05, 4.69) is 32.4 Å². The predicted molar refractivity (Wildman–Crippen MR) is 74.7 cm³/mol. The molecule has 5 heteroatoms. The summed E-state index contributed by atoms with van der Waals surface area (Å²) in [5, 5.41) is 10.4. The van der Waals surface area contributed by atoms with E-state index < -0.39 is 0 Å². The molecule has 1 unspecified atom stereocenters. The van der Waals surface area contributed by atoms with Gasteiger partial charge in [-0.25, -0.2) is 4.98 Å². The molecule has 1 atom stereocenters. The number of aryl methyl sites for hydroxylation is 1. The van der Waals surface area contributed by atoms with Gasteiger partial charge in [0, 0.05) is 17.8 Å². The summed E-state index contributed by atoms with van der Waals surface area (Å²) in [6, 6.07) is 8.24. The van der Waals surface area contributed by atoms with Gasteiger partial charge < -0.3 is 10.3 Å². The highest BCUT2D eigenvalue weighted by Gasteiger charge is 2.10. The van der Waals surface area contributed by atoms with Crippen LogP contribution >= 0.6 is 0 Å². The smallest absolute Gasteiger partial charge is 0.124 e. The first kappa shape index (κ1) is 11.9. The Morgan fingerprint density at radius 1 is 1.32 bits per heavy atom. The fraction of sp³-hybridized carbons (Fsp3) is 0.286. The normalized spacial score (nSPS) is 12.9. The molecule has 98 valence electrons. The summed E-state index contributed by atoms with van der Waals surface area (Å²) in [7, 11) is 0. The third kappa shape index (κ3) is 2.37. The lowest BCUT2D eigenvalue weighted by Gasteiger charge is -2.10. The van der Waals surface area contributed by atoms with E-state index >= 15 is 0 Å². The molecule has 0 amide bonds. The number of para-hydroxylation sites is 2. The van der Waals surface area contributed by atoms with Crippen LogP contribution in [0, 0.1) is 6.92 Å². The zero-order valence-electron chi connectivity index (χ0n) is 11.1. The highest BCUT2D eigenvalue weighted by Crippen LogP contribution is 2.16. The summed E-state index contributed by atoms with van der Waals surface area (Å²) >= 11 is 0. The number of H-pyrrole nitrogens is 2. The topological polar surface area (TPSA) is 69.4 Å². The number of aromatic nitrogens is 4. The Balaban J connectivity index is 1.73. The number of nitrogens with one attached hydrogen (secondary N) is 3. The molecule has 0 radical (unpaired) electrons. The Morgan fingerprint density at radius 2 is 2.16 bits per heavy atom. The van der Waals surface area contributed by atoms with Crippen molar-refractivity contribution in [3.05, 3.63) is 47.5 Å². The number of nitrogens with zero attached hydrogens (tertiary/aromatic N) is 2. The molecule has 3 rings (SSSR count). The molecule has 0 fully saturated rings. The molecule has 1 aromatic carbocycles. The molecule has 5 nitrogen and oxygen atoms in total. The van der Waals surface area contributed by atoms with Crippen molar-refractivity contribution in [1.29, 1.82) is 0 Å². The third-order valence-electron chi connectivity index (χ3n) is 3.35. The summed E-state index contributed by atoms with van der Waals surface area (Å²) < 4.78 is 0. The Hall–Kier alpha value is -2.14. The van der Waals surface area contributed by atoms with Gasteiger partial charge in [0.05, 0.1) is 23.3 Å². The number of imidazole rings is 1. The predicted octanol–water partition coefficient (Wildman–Crippen LogP) is 2.45. The second-order valence-electron chi connectivity index (χ2n) is 4.76. The van der Waals surface area contributed by atoms with Crippen molar-refractivity contribution in [2.45, 2.75) is 26.4 Å². The van der Waals surface area contributed by atoms with Gasteiger partial charge in [-0.1, -0.05) is 12.1 Å². The molecule has 0 aliphatic rings. The van der Waals surface area contributed by atoms with E-state index in [-0.39, 0.29) is 6.04 Å². The van der Waals surface area contributed by atoms with Crippen molar-refractivity contribution in [3.8, 4) is 0 Å². The second-order valence-corrected chi connectivity index (χ2v) is 4.76. The SMILES string of the molecule is Cc1[nH]ncc1CNC(C)c1nc2ccccc2[nH]1. The molecule has 2 heterocycles. The van der Waals surface area contributed by atoms with Crippen molar-refractivity contribution in [2.75, 3.05) is 0 Å². The number of rotatable bonds is 4. The van der Waals surface area contributed by atoms with E-state index in [1.54, 1.807) is 0 Å². The molecular weight excluding hydrogens is 238 g/mol. The van der Waals surface area contributed by atoms with E-state index in [1.807, 2.05) is 37.4 Å². The van der Waals surface area contributed by atoms with Gasteiger partial charge in [0.15, 0.2) is 0 Å². The molecule has 3 N–H and O–H groups in total. The quantitative estimate of drug-likeness (QED) is 0.670. The van der Waals surface area contributed by atoms with Crippen LogP contribution in [0.25, 0.3) is 11.0 Å². The Kier molecular flexibility index (Phi) is 3.05. The molecular formula is C14H17N5. The Labute approximate surface area is 111 Å². The average Bonchev–Trinajstić information content (AvgIpc) is 3.01. The lowest BCUT2D eigenvalue weighted by Crippen LogP contribution is -2.19. The van der Waals surface area contributed by atoms with Crippen LogP contribution in [0.1, 0.15) is 30.0 Å².